The Hall–Kier alpha value is -4.28. The quantitative estimate of drug-likeness (QED) is 0.468. The number of nitrogens with zero attached hydrogens (tertiary/aromatic N) is 5. The van der Waals surface area contributed by atoms with E-state index in [1.165, 1.54) is 0 Å². The molecule has 0 atom stereocenters. The van der Waals surface area contributed by atoms with Crippen LogP contribution < -0.4 is 10.5 Å². The Balaban J connectivity index is 1.26. The van der Waals surface area contributed by atoms with Crippen molar-refractivity contribution in [3.63, 3.8) is 0 Å². The van der Waals surface area contributed by atoms with Crippen molar-refractivity contribution in [2.45, 2.75) is 12.6 Å². The van der Waals surface area contributed by atoms with Crippen LogP contribution in [0.1, 0.15) is 27.0 Å². The lowest BCUT2D eigenvalue weighted by Gasteiger charge is -2.34. The second-order valence-corrected chi connectivity index (χ2v) is 8.50. The van der Waals surface area contributed by atoms with Gasteiger partial charge in [0.2, 0.25) is 5.95 Å². The van der Waals surface area contributed by atoms with Gasteiger partial charge in [0.25, 0.3) is 11.5 Å². The third-order valence-electron chi connectivity index (χ3n) is 6.18. The van der Waals surface area contributed by atoms with Crippen molar-refractivity contribution in [1.29, 1.82) is 0 Å². The molecule has 11 heteroatoms. The Bertz CT molecular complexity index is 1460. The van der Waals surface area contributed by atoms with Crippen LogP contribution in [0.2, 0.25) is 0 Å². The number of carbonyl (C=O) groups excluding carboxylic acids is 1. The molecule has 8 nitrogen and oxygen atoms in total. The molecule has 1 aliphatic heterocycles. The zero-order valence-corrected chi connectivity index (χ0v) is 19.0. The lowest BCUT2D eigenvalue weighted by Crippen LogP contribution is -2.49. The first-order valence-electron chi connectivity index (χ1n) is 11.3. The second kappa shape index (κ2) is 9.40. The molecule has 184 valence electrons. The number of piperazine rings is 1. The Kier molecular flexibility index (Phi) is 6.13. The number of aromatic amines is 1. The molecule has 3 heterocycles. The zero-order chi connectivity index (χ0) is 25.3. The SMILES string of the molecule is O=C(c1cccc(Cc2cccc3c(=O)[nH]ncc23)c1)N1CCN(c2ncc(C(F)(F)F)cn2)CC1. The van der Waals surface area contributed by atoms with Crippen molar-refractivity contribution >= 4 is 22.6 Å². The highest BCUT2D eigenvalue weighted by molar-refractivity contribution is 5.94. The van der Waals surface area contributed by atoms with Crippen molar-refractivity contribution in [3.05, 3.63) is 93.7 Å². The van der Waals surface area contributed by atoms with Crippen LogP contribution in [0.15, 0.2) is 65.8 Å². The maximum atomic E-state index is 13.2. The van der Waals surface area contributed by atoms with Gasteiger partial charge in [-0.15, -0.1) is 0 Å². The van der Waals surface area contributed by atoms with Crippen LogP contribution in [0, 0.1) is 0 Å². The van der Waals surface area contributed by atoms with E-state index in [0.717, 1.165) is 28.9 Å². The van der Waals surface area contributed by atoms with E-state index in [4.69, 9.17) is 0 Å². The minimum atomic E-state index is -4.49. The monoisotopic (exact) mass is 494 g/mol. The lowest BCUT2D eigenvalue weighted by molar-refractivity contribution is -0.138. The van der Waals surface area contributed by atoms with Gasteiger partial charge in [-0.3, -0.25) is 9.59 Å². The van der Waals surface area contributed by atoms with Gasteiger partial charge in [0.05, 0.1) is 17.1 Å². The Morgan fingerprint density at radius 1 is 0.944 bits per heavy atom. The number of H-pyrrole nitrogens is 1. The molecule has 1 fully saturated rings. The highest BCUT2D eigenvalue weighted by Crippen LogP contribution is 2.28. The minimum absolute atomic E-state index is 0.124. The summed E-state index contributed by atoms with van der Waals surface area (Å²) >= 11 is 0. The fourth-order valence-electron chi connectivity index (χ4n) is 4.29. The minimum Gasteiger partial charge on any atom is -0.337 e. The molecule has 2 aromatic carbocycles. The molecular formula is C25H21F3N6O2. The maximum absolute atomic E-state index is 13.2. The van der Waals surface area contributed by atoms with Gasteiger partial charge in [-0.05, 0) is 35.7 Å². The summed E-state index contributed by atoms with van der Waals surface area (Å²) in [5.41, 5.74) is 1.25. The summed E-state index contributed by atoms with van der Waals surface area (Å²) in [7, 11) is 0. The summed E-state index contributed by atoms with van der Waals surface area (Å²) in [5, 5.41) is 7.66. The number of halogens is 3. The Labute approximate surface area is 203 Å². The topological polar surface area (TPSA) is 95.1 Å². The molecule has 0 aliphatic carbocycles. The third kappa shape index (κ3) is 4.77. The molecule has 0 spiro atoms. The fraction of sp³-hybridized carbons (Fsp3) is 0.240. The van der Waals surface area contributed by atoms with Crippen molar-refractivity contribution in [3.8, 4) is 0 Å². The average molecular weight is 494 g/mol. The van der Waals surface area contributed by atoms with Crippen LogP contribution in [-0.2, 0) is 12.6 Å². The lowest BCUT2D eigenvalue weighted by atomic mass is 9.98. The van der Waals surface area contributed by atoms with Crippen molar-refractivity contribution < 1.29 is 18.0 Å². The van der Waals surface area contributed by atoms with Gasteiger partial charge in [-0.25, -0.2) is 15.1 Å². The Morgan fingerprint density at radius 3 is 2.39 bits per heavy atom. The molecule has 1 amide bonds. The first-order valence-corrected chi connectivity index (χ1v) is 11.3. The predicted octanol–water partition coefficient (Wildman–Crippen LogP) is 3.29. The van der Waals surface area contributed by atoms with E-state index >= 15 is 0 Å². The molecule has 0 saturated carbocycles. The highest BCUT2D eigenvalue weighted by atomic mass is 19.4. The molecule has 1 saturated heterocycles. The number of carbonyl (C=O) groups is 1. The number of anilines is 1. The van der Waals surface area contributed by atoms with Crippen LogP contribution in [0.3, 0.4) is 0 Å². The molecule has 2 aromatic heterocycles. The van der Waals surface area contributed by atoms with E-state index in [0.29, 0.717) is 43.5 Å². The molecular weight excluding hydrogens is 473 g/mol. The molecule has 0 bridgehead atoms. The van der Waals surface area contributed by atoms with Gasteiger partial charge in [0.15, 0.2) is 0 Å². The largest absolute Gasteiger partial charge is 0.419 e. The second-order valence-electron chi connectivity index (χ2n) is 8.50. The normalized spacial score (nSPS) is 14.3. The summed E-state index contributed by atoms with van der Waals surface area (Å²) < 4.78 is 38.2. The van der Waals surface area contributed by atoms with E-state index < -0.39 is 11.7 Å². The van der Waals surface area contributed by atoms with Gasteiger partial charge in [0.1, 0.15) is 0 Å². The fourth-order valence-corrected chi connectivity index (χ4v) is 4.29. The van der Waals surface area contributed by atoms with E-state index in [1.54, 1.807) is 28.1 Å². The zero-order valence-electron chi connectivity index (χ0n) is 19.0. The van der Waals surface area contributed by atoms with Crippen LogP contribution in [0.5, 0.6) is 0 Å². The van der Waals surface area contributed by atoms with Gasteiger partial charge >= 0.3 is 6.18 Å². The number of nitrogens with one attached hydrogen (secondary N) is 1. The smallest absolute Gasteiger partial charge is 0.337 e. The third-order valence-corrected chi connectivity index (χ3v) is 6.18. The molecule has 36 heavy (non-hydrogen) atoms. The van der Waals surface area contributed by atoms with Gasteiger partial charge < -0.3 is 9.80 Å². The number of benzene rings is 2. The summed E-state index contributed by atoms with van der Waals surface area (Å²) in [6.45, 7) is 1.61. The number of aromatic nitrogens is 4. The van der Waals surface area contributed by atoms with Crippen molar-refractivity contribution in [2.75, 3.05) is 31.1 Å². The van der Waals surface area contributed by atoms with Crippen LogP contribution in [-0.4, -0.2) is 57.2 Å². The van der Waals surface area contributed by atoms with E-state index in [9.17, 15) is 22.8 Å². The standard InChI is InChI=1S/C25H21F3N6O2/c26-25(27,28)19-13-29-24(30-14-19)34-9-7-33(8-10-34)23(36)18-5-1-3-16(12-18)11-17-4-2-6-20-21(17)15-31-32-22(20)35/h1-6,12-15H,7-11H2,(H,32,35). The molecule has 1 aliphatic rings. The summed E-state index contributed by atoms with van der Waals surface area (Å²) in [5.74, 6) is 0.0846. The molecule has 0 unspecified atom stereocenters. The van der Waals surface area contributed by atoms with Crippen LogP contribution in [0.4, 0.5) is 19.1 Å². The molecule has 5 rings (SSSR count). The molecule has 0 radical (unpaired) electrons. The van der Waals surface area contributed by atoms with Gasteiger partial charge in [-0.2, -0.15) is 18.3 Å². The number of fused-ring (bicyclic) bond motifs is 1. The summed E-state index contributed by atoms with van der Waals surface area (Å²) in [6, 6.07) is 12.8. The van der Waals surface area contributed by atoms with E-state index in [1.807, 2.05) is 30.3 Å². The van der Waals surface area contributed by atoms with Crippen LogP contribution >= 0.6 is 0 Å². The van der Waals surface area contributed by atoms with Gasteiger partial charge in [0, 0.05) is 49.5 Å². The highest BCUT2D eigenvalue weighted by Gasteiger charge is 2.32. The summed E-state index contributed by atoms with van der Waals surface area (Å²) in [4.78, 5) is 36.4. The predicted molar refractivity (Wildman–Crippen MR) is 127 cm³/mol. The van der Waals surface area contributed by atoms with Crippen LogP contribution in [0.25, 0.3) is 10.8 Å². The van der Waals surface area contributed by atoms with Crippen molar-refractivity contribution in [1.82, 2.24) is 25.1 Å². The number of alkyl halides is 3. The average Bonchev–Trinajstić information content (AvgIpc) is 2.89. The Morgan fingerprint density at radius 2 is 1.67 bits per heavy atom. The number of amides is 1. The summed E-state index contributed by atoms with van der Waals surface area (Å²) in [6.07, 6.45) is -0.787. The maximum Gasteiger partial charge on any atom is 0.419 e. The van der Waals surface area contributed by atoms with E-state index in [2.05, 4.69) is 20.2 Å². The first-order chi connectivity index (χ1) is 17.3. The van der Waals surface area contributed by atoms with E-state index in [-0.39, 0.29) is 17.4 Å². The number of hydrogen-bond donors (Lipinski definition) is 1. The van der Waals surface area contributed by atoms with Gasteiger partial charge in [-0.1, -0.05) is 24.3 Å². The first kappa shape index (κ1) is 23.5. The number of rotatable bonds is 4. The molecule has 4 aromatic rings. The van der Waals surface area contributed by atoms with Crippen molar-refractivity contribution in [2.24, 2.45) is 0 Å². The molecule has 1 N–H and O–H groups in total. The number of hydrogen-bond acceptors (Lipinski definition) is 6.